The van der Waals surface area contributed by atoms with Crippen molar-refractivity contribution >= 4 is 26.0 Å². The van der Waals surface area contributed by atoms with Crippen molar-refractivity contribution in [3.05, 3.63) is 30.1 Å². The molecule has 0 radical (unpaired) electrons. The fraction of sp³-hybridized carbons (Fsp3) is 0.444. The zero-order chi connectivity index (χ0) is 11.5. The average molecular weight is 293 g/mol. The van der Waals surface area contributed by atoms with Gasteiger partial charge < -0.3 is 0 Å². The number of hydrogen-bond acceptors (Lipinski definition) is 3. The molecule has 1 heterocycles. The molecule has 1 rings (SSSR count). The Kier molecular flexibility index (Phi) is 4.24. The van der Waals surface area contributed by atoms with Gasteiger partial charge in [-0.2, -0.15) is 4.31 Å². The van der Waals surface area contributed by atoms with Crippen molar-refractivity contribution in [3.63, 3.8) is 0 Å². The Hall–Kier alpha value is -0.460. The Morgan fingerprint density at radius 2 is 2.00 bits per heavy atom. The van der Waals surface area contributed by atoms with E-state index in [0.717, 1.165) is 5.56 Å². The number of nitrogens with zero attached hydrogens (tertiary/aromatic N) is 2. The molecule has 6 heteroatoms. The van der Waals surface area contributed by atoms with Crippen molar-refractivity contribution in [2.45, 2.75) is 13.0 Å². The minimum atomic E-state index is -3.22. The third kappa shape index (κ3) is 2.99. The minimum absolute atomic E-state index is 0.0636. The van der Waals surface area contributed by atoms with Gasteiger partial charge in [0.2, 0.25) is 10.0 Å². The van der Waals surface area contributed by atoms with E-state index in [1.165, 1.54) is 4.31 Å². The molecule has 0 fully saturated rings. The van der Waals surface area contributed by atoms with Gasteiger partial charge in [-0.1, -0.05) is 15.9 Å². The van der Waals surface area contributed by atoms with E-state index in [1.54, 1.807) is 19.4 Å². The lowest BCUT2D eigenvalue weighted by atomic mass is 10.1. The molecule has 0 bridgehead atoms. The van der Waals surface area contributed by atoms with Gasteiger partial charge in [0.15, 0.2) is 0 Å². The molecular weight excluding hydrogens is 280 g/mol. The van der Waals surface area contributed by atoms with E-state index in [1.807, 2.05) is 19.1 Å². The quantitative estimate of drug-likeness (QED) is 0.795. The maximum Gasteiger partial charge on any atom is 0.224 e. The Morgan fingerprint density at radius 3 is 2.47 bits per heavy atom. The first-order chi connectivity index (χ1) is 6.99. The lowest BCUT2D eigenvalue weighted by Gasteiger charge is -2.23. The number of rotatable bonds is 4. The molecule has 15 heavy (non-hydrogen) atoms. The second-order valence-electron chi connectivity index (χ2n) is 3.19. The molecule has 4 nitrogen and oxygen atoms in total. The van der Waals surface area contributed by atoms with Crippen molar-refractivity contribution < 1.29 is 8.42 Å². The highest BCUT2D eigenvalue weighted by Gasteiger charge is 2.22. The van der Waals surface area contributed by atoms with Crippen LogP contribution in [-0.4, -0.2) is 29.4 Å². The van der Waals surface area contributed by atoms with Gasteiger partial charge in [-0.05, 0) is 24.6 Å². The van der Waals surface area contributed by atoms with E-state index < -0.39 is 10.0 Å². The molecule has 0 aromatic carbocycles. The van der Waals surface area contributed by atoms with Crippen LogP contribution in [0.3, 0.4) is 0 Å². The van der Waals surface area contributed by atoms with Gasteiger partial charge in [0.05, 0.1) is 0 Å². The second-order valence-corrected chi connectivity index (χ2v) is 6.53. The van der Waals surface area contributed by atoms with E-state index in [2.05, 4.69) is 20.9 Å². The van der Waals surface area contributed by atoms with Crippen LogP contribution in [0.4, 0.5) is 0 Å². The van der Waals surface area contributed by atoms with E-state index in [-0.39, 0.29) is 10.7 Å². The SMILES string of the molecule is CC(c1ccncc1)N(C)S(=O)(=O)CBr. The second kappa shape index (κ2) is 5.05. The molecule has 1 atom stereocenters. The summed E-state index contributed by atoms with van der Waals surface area (Å²) < 4.78 is 24.4. The molecule has 0 saturated carbocycles. The standard InChI is InChI=1S/C9H13BrN2O2S/c1-8(9-3-5-11-6-4-9)12(2)15(13,14)7-10/h3-6,8H,7H2,1-2H3. The Labute approximate surface area is 98.5 Å². The van der Waals surface area contributed by atoms with Crippen LogP contribution in [0.15, 0.2) is 24.5 Å². The molecule has 0 aliphatic carbocycles. The smallest absolute Gasteiger partial charge is 0.224 e. The maximum atomic E-state index is 11.6. The topological polar surface area (TPSA) is 50.3 Å². The van der Waals surface area contributed by atoms with Crippen LogP contribution in [0.5, 0.6) is 0 Å². The summed E-state index contributed by atoms with van der Waals surface area (Å²) in [5.41, 5.74) is 0.928. The van der Waals surface area contributed by atoms with Crippen molar-refractivity contribution in [1.29, 1.82) is 0 Å². The van der Waals surface area contributed by atoms with E-state index >= 15 is 0 Å². The molecule has 0 aliphatic heterocycles. The summed E-state index contributed by atoms with van der Waals surface area (Å²) in [6, 6.07) is 3.44. The van der Waals surface area contributed by atoms with Crippen molar-refractivity contribution in [2.24, 2.45) is 0 Å². The summed E-state index contributed by atoms with van der Waals surface area (Å²) >= 11 is 2.97. The van der Waals surface area contributed by atoms with E-state index in [9.17, 15) is 8.42 Å². The van der Waals surface area contributed by atoms with Crippen LogP contribution in [-0.2, 0) is 10.0 Å². The van der Waals surface area contributed by atoms with Crippen molar-refractivity contribution in [1.82, 2.24) is 9.29 Å². The Balaban J connectivity index is 2.92. The average Bonchev–Trinajstić information content (AvgIpc) is 2.28. The van der Waals surface area contributed by atoms with Crippen LogP contribution in [0, 0.1) is 0 Å². The molecule has 0 spiro atoms. The highest BCUT2D eigenvalue weighted by atomic mass is 79.9. The Bertz CT molecular complexity index is 407. The number of aromatic nitrogens is 1. The first-order valence-corrected chi connectivity index (χ1v) is 7.13. The van der Waals surface area contributed by atoms with Gasteiger partial charge >= 0.3 is 0 Å². The van der Waals surface area contributed by atoms with Gasteiger partial charge in [-0.25, -0.2) is 8.42 Å². The number of alkyl halides is 1. The number of pyridine rings is 1. The molecule has 1 unspecified atom stereocenters. The first-order valence-electron chi connectivity index (χ1n) is 4.40. The molecular formula is C9H13BrN2O2S. The lowest BCUT2D eigenvalue weighted by Crippen LogP contribution is -2.30. The van der Waals surface area contributed by atoms with Gasteiger partial charge in [0, 0.05) is 25.5 Å². The molecule has 1 aromatic heterocycles. The molecule has 0 saturated heterocycles. The van der Waals surface area contributed by atoms with Gasteiger partial charge in [0.25, 0.3) is 0 Å². The highest BCUT2D eigenvalue weighted by Crippen LogP contribution is 2.21. The van der Waals surface area contributed by atoms with E-state index in [4.69, 9.17) is 0 Å². The van der Waals surface area contributed by atoms with Crippen LogP contribution >= 0.6 is 15.9 Å². The zero-order valence-corrected chi connectivity index (χ0v) is 11.0. The summed E-state index contributed by atoms with van der Waals surface area (Å²) in [7, 11) is -1.64. The summed E-state index contributed by atoms with van der Waals surface area (Å²) in [6.45, 7) is 1.84. The number of hydrogen-bond donors (Lipinski definition) is 0. The lowest BCUT2D eigenvalue weighted by molar-refractivity contribution is 0.401. The zero-order valence-electron chi connectivity index (χ0n) is 8.59. The Morgan fingerprint density at radius 1 is 1.47 bits per heavy atom. The van der Waals surface area contributed by atoms with Crippen LogP contribution in [0.2, 0.25) is 0 Å². The monoisotopic (exact) mass is 292 g/mol. The van der Waals surface area contributed by atoms with Crippen molar-refractivity contribution in [3.8, 4) is 0 Å². The van der Waals surface area contributed by atoms with Crippen molar-refractivity contribution in [2.75, 3.05) is 11.7 Å². The molecule has 84 valence electrons. The van der Waals surface area contributed by atoms with Gasteiger partial charge in [-0.3, -0.25) is 4.98 Å². The van der Waals surface area contributed by atoms with Crippen LogP contribution in [0.1, 0.15) is 18.5 Å². The van der Waals surface area contributed by atoms with Gasteiger partial charge in [0.1, 0.15) is 4.66 Å². The van der Waals surface area contributed by atoms with Gasteiger partial charge in [-0.15, -0.1) is 0 Å². The summed E-state index contributed by atoms with van der Waals surface area (Å²) in [5.74, 6) is 0. The summed E-state index contributed by atoms with van der Waals surface area (Å²) in [5, 5.41) is 0. The number of sulfonamides is 1. The first kappa shape index (κ1) is 12.6. The fourth-order valence-corrected chi connectivity index (χ4v) is 2.90. The number of halogens is 1. The van der Waals surface area contributed by atoms with Crippen LogP contribution < -0.4 is 0 Å². The predicted molar refractivity (Wildman–Crippen MR) is 63.1 cm³/mol. The molecule has 0 amide bonds. The summed E-state index contributed by atoms with van der Waals surface area (Å²) in [4.78, 5) is 3.89. The van der Waals surface area contributed by atoms with E-state index in [0.29, 0.717) is 0 Å². The highest BCUT2D eigenvalue weighted by molar-refractivity contribution is 9.10. The summed E-state index contributed by atoms with van der Waals surface area (Å²) in [6.07, 6.45) is 3.31. The maximum absolute atomic E-state index is 11.6. The molecule has 0 aliphatic rings. The fourth-order valence-electron chi connectivity index (χ4n) is 1.17. The third-order valence-corrected chi connectivity index (χ3v) is 5.52. The van der Waals surface area contributed by atoms with Crippen LogP contribution in [0.25, 0.3) is 0 Å². The largest absolute Gasteiger partial charge is 0.265 e. The normalized spacial score (nSPS) is 14.1. The molecule has 1 aromatic rings. The third-order valence-electron chi connectivity index (χ3n) is 2.31. The molecule has 0 N–H and O–H groups in total. The predicted octanol–water partition coefficient (Wildman–Crippen LogP) is 1.76. The minimum Gasteiger partial charge on any atom is -0.265 e.